The van der Waals surface area contributed by atoms with Crippen molar-refractivity contribution in [3.05, 3.63) is 83.9 Å². The minimum atomic E-state index is -3.75. The van der Waals surface area contributed by atoms with Crippen LogP contribution in [0.1, 0.15) is 24.1 Å². The Labute approximate surface area is 166 Å². The van der Waals surface area contributed by atoms with Crippen LogP contribution in [0.3, 0.4) is 0 Å². The van der Waals surface area contributed by atoms with Crippen LogP contribution in [0.15, 0.2) is 77.7 Å². The van der Waals surface area contributed by atoms with Crippen molar-refractivity contribution in [1.29, 1.82) is 0 Å². The van der Waals surface area contributed by atoms with Crippen LogP contribution in [-0.4, -0.2) is 15.5 Å². The third-order valence-electron chi connectivity index (χ3n) is 4.43. The molecule has 1 atom stereocenters. The maximum Gasteiger partial charge on any atom is 0.265 e. The molecule has 0 amide bonds. The van der Waals surface area contributed by atoms with Crippen molar-refractivity contribution >= 4 is 21.4 Å². The van der Waals surface area contributed by atoms with E-state index in [1.165, 1.54) is 12.7 Å². The lowest BCUT2D eigenvalue weighted by Gasteiger charge is -2.16. The molecule has 2 N–H and O–H groups in total. The first kappa shape index (κ1) is 19.8. The lowest BCUT2D eigenvalue weighted by Crippen LogP contribution is -2.14. The van der Waals surface area contributed by atoms with Crippen LogP contribution >= 0.6 is 0 Å². The van der Waals surface area contributed by atoms with E-state index in [0.717, 1.165) is 11.3 Å². The van der Waals surface area contributed by atoms with Crippen LogP contribution in [0.4, 0.5) is 11.4 Å². The topological polar surface area (TPSA) is 67.4 Å². The summed E-state index contributed by atoms with van der Waals surface area (Å²) in [6.45, 7) is 3.92. The Morgan fingerprint density at radius 3 is 2.18 bits per heavy atom. The first-order valence-electron chi connectivity index (χ1n) is 8.98. The second-order valence-electron chi connectivity index (χ2n) is 6.61. The second-order valence-corrected chi connectivity index (χ2v) is 8.26. The van der Waals surface area contributed by atoms with Gasteiger partial charge in [-0.2, -0.15) is 0 Å². The van der Waals surface area contributed by atoms with Crippen molar-refractivity contribution in [2.24, 2.45) is 0 Å². The summed E-state index contributed by atoms with van der Waals surface area (Å²) in [5.41, 5.74) is 3.42. The molecule has 0 fully saturated rings. The van der Waals surface area contributed by atoms with Crippen molar-refractivity contribution in [2.45, 2.75) is 24.8 Å². The molecule has 28 heavy (non-hydrogen) atoms. The average molecular weight is 397 g/mol. The van der Waals surface area contributed by atoms with Gasteiger partial charge in [0.1, 0.15) is 10.6 Å². The van der Waals surface area contributed by atoms with Crippen molar-refractivity contribution in [3.63, 3.8) is 0 Å². The number of nitrogens with one attached hydrogen (secondary N) is 2. The molecule has 0 radical (unpaired) electrons. The quantitative estimate of drug-likeness (QED) is 0.591. The summed E-state index contributed by atoms with van der Waals surface area (Å²) >= 11 is 0. The van der Waals surface area contributed by atoms with Gasteiger partial charge in [0.05, 0.1) is 7.11 Å². The predicted molar refractivity (Wildman–Crippen MR) is 113 cm³/mol. The van der Waals surface area contributed by atoms with Crippen LogP contribution in [-0.2, 0) is 10.0 Å². The molecule has 0 spiro atoms. The standard InChI is InChI=1S/C22H24N2O3S/c1-16-9-14-21(27-3)22(15-16)28(25,26)24-20-12-10-19(11-13-20)23-17(2)18-7-5-4-6-8-18/h4-15,17,23-24H,1-3H3. The first-order chi connectivity index (χ1) is 13.4. The Morgan fingerprint density at radius 1 is 0.893 bits per heavy atom. The van der Waals surface area contributed by atoms with Crippen LogP contribution in [0.2, 0.25) is 0 Å². The van der Waals surface area contributed by atoms with Gasteiger partial charge in [-0.1, -0.05) is 36.4 Å². The van der Waals surface area contributed by atoms with Gasteiger partial charge in [0.2, 0.25) is 0 Å². The van der Waals surface area contributed by atoms with Crippen molar-refractivity contribution in [3.8, 4) is 5.75 Å². The van der Waals surface area contributed by atoms with Gasteiger partial charge in [0, 0.05) is 17.4 Å². The zero-order valence-electron chi connectivity index (χ0n) is 16.1. The van der Waals surface area contributed by atoms with E-state index in [4.69, 9.17) is 4.74 Å². The Balaban J connectivity index is 1.74. The fourth-order valence-corrected chi connectivity index (χ4v) is 4.23. The van der Waals surface area contributed by atoms with Gasteiger partial charge in [0.25, 0.3) is 10.0 Å². The number of ether oxygens (including phenoxy) is 1. The molecular weight excluding hydrogens is 372 g/mol. The maximum atomic E-state index is 12.8. The van der Waals surface area contributed by atoms with Crippen LogP contribution < -0.4 is 14.8 Å². The van der Waals surface area contributed by atoms with E-state index in [1.54, 1.807) is 24.3 Å². The molecule has 3 aromatic carbocycles. The highest BCUT2D eigenvalue weighted by atomic mass is 32.2. The Kier molecular flexibility index (Phi) is 5.90. The molecule has 0 saturated heterocycles. The van der Waals surface area contributed by atoms with E-state index < -0.39 is 10.0 Å². The molecule has 0 aliphatic heterocycles. The molecule has 3 rings (SSSR count). The Bertz CT molecular complexity index is 1030. The van der Waals surface area contributed by atoms with Gasteiger partial charge in [-0.05, 0) is 61.4 Å². The van der Waals surface area contributed by atoms with E-state index in [-0.39, 0.29) is 10.9 Å². The number of benzene rings is 3. The maximum absolute atomic E-state index is 12.8. The summed E-state index contributed by atoms with van der Waals surface area (Å²) < 4.78 is 33.4. The van der Waals surface area contributed by atoms with Gasteiger partial charge in [-0.25, -0.2) is 8.42 Å². The molecule has 6 heteroatoms. The highest BCUT2D eigenvalue weighted by Crippen LogP contribution is 2.27. The normalized spacial score (nSPS) is 12.2. The minimum absolute atomic E-state index is 0.120. The fourth-order valence-electron chi connectivity index (χ4n) is 2.91. The number of sulfonamides is 1. The minimum Gasteiger partial charge on any atom is -0.495 e. The largest absolute Gasteiger partial charge is 0.495 e. The van der Waals surface area contributed by atoms with E-state index in [9.17, 15) is 8.42 Å². The molecule has 0 bridgehead atoms. The van der Waals surface area contributed by atoms with Gasteiger partial charge < -0.3 is 10.1 Å². The summed E-state index contributed by atoms with van der Waals surface area (Å²) in [6.07, 6.45) is 0. The second kappa shape index (κ2) is 8.35. The number of hydrogen-bond acceptors (Lipinski definition) is 4. The third-order valence-corrected chi connectivity index (χ3v) is 5.83. The van der Waals surface area contributed by atoms with Crippen LogP contribution in [0, 0.1) is 6.92 Å². The van der Waals surface area contributed by atoms with Gasteiger partial charge in [-0.3, -0.25) is 4.72 Å². The molecule has 0 aliphatic carbocycles. The van der Waals surface area contributed by atoms with Gasteiger partial charge in [-0.15, -0.1) is 0 Å². The Morgan fingerprint density at radius 2 is 1.54 bits per heavy atom. The highest BCUT2D eigenvalue weighted by Gasteiger charge is 2.20. The van der Waals surface area contributed by atoms with Crippen molar-refractivity contribution in [2.75, 3.05) is 17.1 Å². The van der Waals surface area contributed by atoms with Crippen molar-refractivity contribution in [1.82, 2.24) is 0 Å². The third kappa shape index (κ3) is 4.64. The molecule has 0 aromatic heterocycles. The zero-order valence-corrected chi connectivity index (χ0v) is 17.0. The highest BCUT2D eigenvalue weighted by molar-refractivity contribution is 7.92. The summed E-state index contributed by atoms with van der Waals surface area (Å²) in [5, 5.41) is 3.41. The lowest BCUT2D eigenvalue weighted by molar-refractivity contribution is 0.402. The molecule has 0 saturated carbocycles. The molecule has 3 aromatic rings. The molecule has 146 valence electrons. The SMILES string of the molecule is COc1ccc(C)cc1S(=O)(=O)Nc1ccc(NC(C)c2ccccc2)cc1. The van der Waals surface area contributed by atoms with Gasteiger partial charge in [0.15, 0.2) is 0 Å². The number of rotatable bonds is 7. The molecular formula is C22H24N2O3S. The van der Waals surface area contributed by atoms with Crippen LogP contribution in [0.25, 0.3) is 0 Å². The number of hydrogen-bond donors (Lipinski definition) is 2. The first-order valence-corrected chi connectivity index (χ1v) is 10.5. The van der Waals surface area contributed by atoms with E-state index in [1.807, 2.05) is 43.3 Å². The lowest BCUT2D eigenvalue weighted by atomic mass is 10.1. The molecule has 0 aliphatic rings. The summed E-state index contributed by atoms with van der Waals surface area (Å²) in [5.74, 6) is 0.313. The average Bonchev–Trinajstić information content (AvgIpc) is 2.70. The number of anilines is 2. The number of methoxy groups -OCH3 is 1. The predicted octanol–water partition coefficient (Wildman–Crippen LogP) is 4.98. The fraction of sp³-hybridized carbons (Fsp3) is 0.182. The summed E-state index contributed by atoms with van der Waals surface area (Å²) in [6, 6.07) is 22.5. The summed E-state index contributed by atoms with van der Waals surface area (Å²) in [4.78, 5) is 0.120. The molecule has 0 heterocycles. The molecule has 5 nitrogen and oxygen atoms in total. The monoisotopic (exact) mass is 396 g/mol. The number of aryl methyl sites for hydroxylation is 1. The Hall–Kier alpha value is -2.99. The van der Waals surface area contributed by atoms with Crippen LogP contribution in [0.5, 0.6) is 5.75 Å². The zero-order chi connectivity index (χ0) is 20.1. The van der Waals surface area contributed by atoms with Crippen molar-refractivity contribution < 1.29 is 13.2 Å². The van der Waals surface area contributed by atoms with E-state index in [2.05, 4.69) is 29.1 Å². The van der Waals surface area contributed by atoms with E-state index >= 15 is 0 Å². The van der Waals surface area contributed by atoms with Gasteiger partial charge >= 0.3 is 0 Å². The summed E-state index contributed by atoms with van der Waals surface area (Å²) in [7, 11) is -2.30. The van der Waals surface area contributed by atoms with E-state index in [0.29, 0.717) is 11.4 Å². The smallest absolute Gasteiger partial charge is 0.265 e. The molecule has 1 unspecified atom stereocenters.